The van der Waals surface area contributed by atoms with Crippen LogP contribution in [-0.2, 0) is 4.79 Å². The topological polar surface area (TPSA) is 32.3 Å². The number of amides is 1. The van der Waals surface area contributed by atoms with Crippen molar-refractivity contribution in [3.8, 4) is 0 Å². The number of carbonyl (C=O) groups excluding carboxylic acids is 1. The number of benzene rings is 1. The number of hydrogen-bond acceptors (Lipinski definition) is 2. The molecule has 3 unspecified atom stereocenters. The van der Waals surface area contributed by atoms with Crippen molar-refractivity contribution in [1.29, 1.82) is 0 Å². The van der Waals surface area contributed by atoms with E-state index in [1.165, 1.54) is 6.07 Å². The number of carbonyl (C=O) groups is 1. The molecule has 3 aliphatic rings. The molecule has 2 aliphatic carbocycles. The molecule has 0 aromatic heterocycles. The third-order valence-corrected chi connectivity index (χ3v) is 5.38. The molecule has 1 N–H and O–H groups in total. The second kappa shape index (κ2) is 4.54. The molecule has 1 aromatic rings. The van der Waals surface area contributed by atoms with Crippen molar-refractivity contribution in [3.05, 3.63) is 35.6 Å². The Morgan fingerprint density at radius 1 is 1.33 bits per heavy atom. The van der Waals surface area contributed by atoms with Crippen molar-refractivity contribution < 1.29 is 9.18 Å². The van der Waals surface area contributed by atoms with Crippen molar-refractivity contribution in [3.63, 3.8) is 0 Å². The quantitative estimate of drug-likeness (QED) is 0.907. The van der Waals surface area contributed by atoms with Crippen LogP contribution in [0, 0.1) is 11.7 Å². The zero-order valence-electron chi connectivity index (χ0n) is 12.3. The van der Waals surface area contributed by atoms with Crippen molar-refractivity contribution >= 4 is 5.91 Å². The Balaban J connectivity index is 1.72. The Kier molecular flexibility index (Phi) is 2.86. The number of halogens is 1. The minimum atomic E-state index is -0.390. The molecule has 1 heterocycles. The second-order valence-corrected chi connectivity index (χ2v) is 6.88. The first-order valence-corrected chi connectivity index (χ1v) is 7.97. The maximum Gasteiger partial charge on any atom is 0.244 e. The summed E-state index contributed by atoms with van der Waals surface area (Å²) in [6.45, 7) is 2.18. The summed E-state index contributed by atoms with van der Waals surface area (Å²) < 4.78 is 13.6. The fourth-order valence-electron chi connectivity index (χ4n) is 4.05. The summed E-state index contributed by atoms with van der Waals surface area (Å²) in [6, 6.07) is 6.97. The lowest BCUT2D eigenvalue weighted by molar-refractivity contribution is -0.134. The number of hydrogen-bond donors (Lipinski definition) is 1. The van der Waals surface area contributed by atoms with Gasteiger partial charge in [-0.25, -0.2) is 4.39 Å². The number of nitrogens with one attached hydrogen (secondary N) is 1. The lowest BCUT2D eigenvalue weighted by Crippen LogP contribution is -2.44. The molecule has 1 saturated heterocycles. The molecule has 4 rings (SSSR count). The van der Waals surface area contributed by atoms with Crippen LogP contribution in [0.5, 0.6) is 0 Å². The van der Waals surface area contributed by atoms with Crippen LogP contribution in [0.1, 0.15) is 50.8 Å². The van der Waals surface area contributed by atoms with Crippen LogP contribution in [0.15, 0.2) is 24.3 Å². The predicted molar refractivity (Wildman–Crippen MR) is 77.9 cm³/mol. The first-order valence-electron chi connectivity index (χ1n) is 7.97. The van der Waals surface area contributed by atoms with Crippen LogP contribution in [-0.4, -0.2) is 22.4 Å². The summed E-state index contributed by atoms with van der Waals surface area (Å²) >= 11 is 0. The summed E-state index contributed by atoms with van der Waals surface area (Å²) in [6.07, 6.45) is 4.92. The van der Waals surface area contributed by atoms with E-state index in [1.54, 1.807) is 12.1 Å². The van der Waals surface area contributed by atoms with Crippen molar-refractivity contribution in [1.82, 2.24) is 10.2 Å². The van der Waals surface area contributed by atoms with E-state index in [-0.39, 0.29) is 23.4 Å². The van der Waals surface area contributed by atoms with E-state index in [9.17, 15) is 9.18 Å². The average Bonchev–Trinajstić information content (AvgIpc) is 2.90. The van der Waals surface area contributed by atoms with Gasteiger partial charge in [0.25, 0.3) is 0 Å². The lowest BCUT2D eigenvalue weighted by Gasteiger charge is -2.25. The smallest absolute Gasteiger partial charge is 0.244 e. The highest BCUT2D eigenvalue weighted by atomic mass is 19.1. The molecular formula is C17H21FN2O. The van der Waals surface area contributed by atoms with E-state index in [0.717, 1.165) is 37.7 Å². The number of nitrogens with zero attached hydrogens (tertiary/aromatic N) is 1. The lowest BCUT2D eigenvalue weighted by atomic mass is 9.98. The van der Waals surface area contributed by atoms with Crippen LogP contribution in [0.2, 0.25) is 0 Å². The third-order valence-electron chi connectivity index (χ3n) is 5.38. The van der Waals surface area contributed by atoms with Crippen LogP contribution >= 0.6 is 0 Å². The molecule has 1 spiro atoms. The molecule has 3 nitrogen and oxygen atoms in total. The van der Waals surface area contributed by atoms with Crippen LogP contribution in [0.3, 0.4) is 0 Å². The van der Waals surface area contributed by atoms with Gasteiger partial charge in [-0.2, -0.15) is 0 Å². The van der Waals surface area contributed by atoms with E-state index in [2.05, 4.69) is 12.2 Å². The molecular weight excluding hydrogens is 267 g/mol. The van der Waals surface area contributed by atoms with Gasteiger partial charge >= 0.3 is 0 Å². The largest absolute Gasteiger partial charge is 0.318 e. The van der Waals surface area contributed by atoms with Gasteiger partial charge in [-0.15, -0.1) is 0 Å². The van der Waals surface area contributed by atoms with Gasteiger partial charge in [0, 0.05) is 6.04 Å². The van der Waals surface area contributed by atoms with Gasteiger partial charge in [0.05, 0.1) is 5.54 Å². The first-order chi connectivity index (χ1) is 10.1. The monoisotopic (exact) mass is 288 g/mol. The molecule has 3 atom stereocenters. The van der Waals surface area contributed by atoms with Gasteiger partial charge in [-0.1, -0.05) is 31.9 Å². The first kappa shape index (κ1) is 13.3. The minimum Gasteiger partial charge on any atom is -0.318 e. The van der Waals surface area contributed by atoms with E-state index in [1.807, 2.05) is 11.0 Å². The molecule has 0 radical (unpaired) electrons. The zero-order valence-corrected chi connectivity index (χ0v) is 12.3. The SMILES string of the molecule is CC1CC1N1C(=O)C2(CCCC2)NC1c1cccc(F)c1. The molecule has 1 amide bonds. The Morgan fingerprint density at radius 3 is 2.67 bits per heavy atom. The molecule has 1 aromatic carbocycles. The Bertz CT molecular complexity index is 582. The van der Waals surface area contributed by atoms with Crippen molar-refractivity contribution in [2.45, 2.75) is 56.8 Å². The van der Waals surface area contributed by atoms with Gasteiger partial charge in [0.2, 0.25) is 5.91 Å². The van der Waals surface area contributed by atoms with Gasteiger partial charge < -0.3 is 4.90 Å². The molecule has 4 heteroatoms. The van der Waals surface area contributed by atoms with Gasteiger partial charge in [0.1, 0.15) is 12.0 Å². The van der Waals surface area contributed by atoms with Gasteiger partial charge in [-0.05, 0) is 42.9 Å². The summed E-state index contributed by atoms with van der Waals surface area (Å²) in [5.74, 6) is 0.560. The Labute approximate surface area is 124 Å². The zero-order chi connectivity index (χ0) is 14.6. The molecule has 1 aliphatic heterocycles. The van der Waals surface area contributed by atoms with Gasteiger partial charge in [-0.3, -0.25) is 10.1 Å². The number of rotatable bonds is 2. The van der Waals surface area contributed by atoms with E-state index >= 15 is 0 Å². The molecule has 21 heavy (non-hydrogen) atoms. The summed E-state index contributed by atoms with van der Waals surface area (Å²) in [4.78, 5) is 15.0. The average molecular weight is 288 g/mol. The summed E-state index contributed by atoms with van der Waals surface area (Å²) in [7, 11) is 0. The van der Waals surface area contributed by atoms with Crippen molar-refractivity contribution in [2.24, 2.45) is 5.92 Å². The van der Waals surface area contributed by atoms with Crippen LogP contribution < -0.4 is 5.32 Å². The fraction of sp³-hybridized carbons (Fsp3) is 0.588. The van der Waals surface area contributed by atoms with Crippen LogP contribution in [0.25, 0.3) is 0 Å². The second-order valence-electron chi connectivity index (χ2n) is 6.88. The fourth-order valence-corrected chi connectivity index (χ4v) is 4.05. The standard InChI is InChI=1S/C17H21FN2O/c1-11-9-14(11)20-15(12-5-4-6-13(18)10-12)19-17(16(20)21)7-2-3-8-17/h4-6,10-11,14-15,19H,2-3,7-9H2,1H3. The van der Waals surface area contributed by atoms with E-state index in [4.69, 9.17) is 0 Å². The van der Waals surface area contributed by atoms with Crippen molar-refractivity contribution in [2.75, 3.05) is 0 Å². The highest BCUT2D eigenvalue weighted by Crippen LogP contribution is 2.47. The Hall–Kier alpha value is -1.42. The maximum atomic E-state index is 13.6. The molecule has 0 bridgehead atoms. The molecule has 2 saturated carbocycles. The minimum absolute atomic E-state index is 0.166. The third kappa shape index (κ3) is 2.00. The highest BCUT2D eigenvalue weighted by molar-refractivity contribution is 5.90. The van der Waals surface area contributed by atoms with Gasteiger partial charge in [0.15, 0.2) is 0 Å². The maximum absolute atomic E-state index is 13.6. The molecule has 112 valence electrons. The van der Waals surface area contributed by atoms with Crippen LogP contribution in [0.4, 0.5) is 4.39 Å². The van der Waals surface area contributed by atoms with E-state index in [0.29, 0.717) is 12.0 Å². The normalized spacial score (nSPS) is 33.9. The molecule has 3 fully saturated rings. The highest BCUT2D eigenvalue weighted by Gasteiger charge is 2.57. The predicted octanol–water partition coefficient (Wildman–Crippen LogP) is 2.98. The Morgan fingerprint density at radius 2 is 2.05 bits per heavy atom. The summed E-state index contributed by atoms with van der Waals surface area (Å²) in [5, 5.41) is 3.56. The summed E-state index contributed by atoms with van der Waals surface area (Å²) in [5.41, 5.74) is 0.477. The van der Waals surface area contributed by atoms with E-state index < -0.39 is 0 Å².